The van der Waals surface area contributed by atoms with Gasteiger partial charge in [-0.15, -0.1) is 0 Å². The fraction of sp³-hybridized carbons (Fsp3) is 1.00. The highest BCUT2D eigenvalue weighted by Crippen LogP contribution is 2.50. The molecule has 0 aliphatic heterocycles. The van der Waals surface area contributed by atoms with E-state index in [-0.39, 0.29) is 12.8 Å². The minimum Gasteiger partial charge on any atom is -0.393 e. The van der Waals surface area contributed by atoms with E-state index in [1.54, 1.807) is 0 Å². The van der Waals surface area contributed by atoms with E-state index in [1.165, 1.54) is 32.1 Å². The molecule has 2 unspecified atom stereocenters. The maximum absolute atomic E-state index is 12.3. The van der Waals surface area contributed by atoms with Crippen molar-refractivity contribution in [3.05, 3.63) is 0 Å². The van der Waals surface area contributed by atoms with Crippen LogP contribution in [0.2, 0.25) is 0 Å². The van der Waals surface area contributed by atoms with Gasteiger partial charge in [-0.2, -0.15) is 0 Å². The molecule has 0 aromatic heterocycles. The van der Waals surface area contributed by atoms with Crippen molar-refractivity contribution in [1.82, 2.24) is 4.90 Å². The number of aliphatic hydroxyl groups is 1. The van der Waals surface area contributed by atoms with Crippen molar-refractivity contribution in [3.63, 3.8) is 0 Å². The van der Waals surface area contributed by atoms with Crippen LogP contribution in [0.1, 0.15) is 51.4 Å². The van der Waals surface area contributed by atoms with Gasteiger partial charge in [0.25, 0.3) is 0 Å². The highest BCUT2D eigenvalue weighted by atomic mass is 19.1. The molecular formula is C14H26FNO. The lowest BCUT2D eigenvalue weighted by molar-refractivity contribution is -0.0174. The molecule has 0 heterocycles. The molecule has 1 N–H and O–H groups in total. The Morgan fingerprint density at radius 1 is 1.29 bits per heavy atom. The first-order valence-electron chi connectivity index (χ1n) is 7.12. The van der Waals surface area contributed by atoms with Crippen LogP contribution in [0, 0.1) is 5.41 Å². The molecule has 0 radical (unpaired) electrons. The monoisotopic (exact) mass is 243 g/mol. The molecule has 2 nitrogen and oxygen atoms in total. The van der Waals surface area contributed by atoms with Gasteiger partial charge in [-0.25, -0.2) is 0 Å². The maximum Gasteiger partial charge on any atom is 0.0906 e. The van der Waals surface area contributed by atoms with E-state index in [9.17, 15) is 9.50 Å². The van der Waals surface area contributed by atoms with Crippen molar-refractivity contribution < 1.29 is 9.50 Å². The van der Waals surface area contributed by atoms with Crippen LogP contribution < -0.4 is 0 Å². The first-order valence-corrected chi connectivity index (χ1v) is 7.12. The van der Waals surface area contributed by atoms with Crippen molar-refractivity contribution in [2.45, 2.75) is 63.5 Å². The van der Waals surface area contributed by atoms with Crippen LogP contribution >= 0.6 is 0 Å². The summed E-state index contributed by atoms with van der Waals surface area (Å²) in [6.45, 7) is 0.599. The average molecular weight is 243 g/mol. The van der Waals surface area contributed by atoms with Crippen LogP contribution in [0.5, 0.6) is 0 Å². The molecule has 0 aromatic carbocycles. The molecule has 2 aliphatic rings. The Morgan fingerprint density at radius 2 is 2.00 bits per heavy atom. The fourth-order valence-corrected chi connectivity index (χ4v) is 4.02. The smallest absolute Gasteiger partial charge is 0.0906 e. The van der Waals surface area contributed by atoms with Crippen LogP contribution in [0.4, 0.5) is 4.39 Å². The molecule has 1 spiro atoms. The van der Waals surface area contributed by atoms with E-state index >= 15 is 0 Å². The van der Waals surface area contributed by atoms with E-state index in [0.29, 0.717) is 17.9 Å². The molecule has 100 valence electrons. The Bertz CT molecular complexity index is 240. The number of halogens is 1. The predicted molar refractivity (Wildman–Crippen MR) is 67.8 cm³/mol. The standard InChI is InChI=1S/C14H26FNO/c1-16(10-4-9-15)13-11-12(17)5-8-14(13)6-2-3-7-14/h12-13,17H,2-11H2,1H3. The summed E-state index contributed by atoms with van der Waals surface area (Å²) in [5.41, 5.74) is 0.435. The van der Waals surface area contributed by atoms with E-state index < -0.39 is 0 Å². The predicted octanol–water partition coefficient (Wildman–Crippen LogP) is 2.75. The van der Waals surface area contributed by atoms with Gasteiger partial charge in [0.05, 0.1) is 12.8 Å². The van der Waals surface area contributed by atoms with Crippen LogP contribution in [0.25, 0.3) is 0 Å². The van der Waals surface area contributed by atoms with E-state index in [4.69, 9.17) is 0 Å². The zero-order chi connectivity index (χ0) is 12.3. The van der Waals surface area contributed by atoms with E-state index in [2.05, 4.69) is 11.9 Å². The summed E-state index contributed by atoms with van der Waals surface area (Å²) in [5, 5.41) is 9.90. The summed E-state index contributed by atoms with van der Waals surface area (Å²) < 4.78 is 12.3. The molecule has 2 saturated carbocycles. The van der Waals surface area contributed by atoms with Gasteiger partial charge in [0.2, 0.25) is 0 Å². The van der Waals surface area contributed by atoms with Gasteiger partial charge in [-0.3, -0.25) is 4.39 Å². The zero-order valence-electron chi connectivity index (χ0n) is 11.0. The molecule has 2 fully saturated rings. The fourth-order valence-electron chi connectivity index (χ4n) is 4.02. The van der Waals surface area contributed by atoms with Crippen molar-refractivity contribution in [2.24, 2.45) is 5.41 Å². The quantitative estimate of drug-likeness (QED) is 0.820. The van der Waals surface area contributed by atoms with Crippen molar-refractivity contribution in [2.75, 3.05) is 20.3 Å². The number of aliphatic hydroxyl groups excluding tert-OH is 1. The Labute approximate surface area is 104 Å². The summed E-state index contributed by atoms with van der Waals surface area (Å²) in [7, 11) is 2.11. The number of alkyl halides is 1. The average Bonchev–Trinajstić information content (AvgIpc) is 2.79. The lowest BCUT2D eigenvalue weighted by Gasteiger charge is -2.47. The molecule has 2 atom stereocenters. The van der Waals surface area contributed by atoms with Crippen molar-refractivity contribution in [3.8, 4) is 0 Å². The number of rotatable bonds is 4. The second-order valence-corrected chi connectivity index (χ2v) is 6.04. The highest BCUT2D eigenvalue weighted by Gasteiger charge is 2.46. The van der Waals surface area contributed by atoms with Crippen LogP contribution in [-0.2, 0) is 0 Å². The topological polar surface area (TPSA) is 23.5 Å². The largest absolute Gasteiger partial charge is 0.393 e. The van der Waals surface area contributed by atoms with Gasteiger partial charge in [-0.1, -0.05) is 12.8 Å². The molecule has 0 bridgehead atoms. The molecule has 0 amide bonds. The summed E-state index contributed by atoms with van der Waals surface area (Å²) in [6, 6.07) is 0.472. The third kappa shape index (κ3) is 2.82. The molecule has 17 heavy (non-hydrogen) atoms. The summed E-state index contributed by atoms with van der Waals surface area (Å²) in [6.07, 6.45) is 8.80. The lowest BCUT2D eigenvalue weighted by Crippen LogP contribution is -2.50. The summed E-state index contributed by atoms with van der Waals surface area (Å²) >= 11 is 0. The van der Waals surface area contributed by atoms with Gasteiger partial charge in [0, 0.05) is 12.6 Å². The minimum atomic E-state index is -0.230. The Kier molecular flexibility index (Phi) is 4.42. The first kappa shape index (κ1) is 13.3. The number of hydrogen-bond donors (Lipinski definition) is 1. The second kappa shape index (κ2) is 5.66. The van der Waals surface area contributed by atoms with Crippen LogP contribution in [0.15, 0.2) is 0 Å². The number of hydrogen-bond acceptors (Lipinski definition) is 2. The van der Waals surface area contributed by atoms with Crippen LogP contribution in [-0.4, -0.2) is 42.4 Å². The molecule has 2 aliphatic carbocycles. The maximum atomic E-state index is 12.3. The molecule has 2 rings (SSSR count). The van der Waals surface area contributed by atoms with Crippen molar-refractivity contribution in [1.29, 1.82) is 0 Å². The Morgan fingerprint density at radius 3 is 2.65 bits per heavy atom. The summed E-state index contributed by atoms with van der Waals surface area (Å²) in [4.78, 5) is 2.31. The third-order valence-electron chi connectivity index (χ3n) is 4.95. The minimum absolute atomic E-state index is 0.140. The van der Waals surface area contributed by atoms with Crippen LogP contribution in [0.3, 0.4) is 0 Å². The van der Waals surface area contributed by atoms with Gasteiger partial charge in [0.15, 0.2) is 0 Å². The molecular weight excluding hydrogens is 217 g/mol. The van der Waals surface area contributed by atoms with E-state index in [0.717, 1.165) is 19.4 Å². The first-order chi connectivity index (χ1) is 8.18. The SMILES string of the molecule is CN(CCCF)C1CC(O)CCC12CCCC2. The zero-order valence-corrected chi connectivity index (χ0v) is 11.0. The van der Waals surface area contributed by atoms with Gasteiger partial charge < -0.3 is 10.0 Å². The third-order valence-corrected chi connectivity index (χ3v) is 4.95. The Hall–Kier alpha value is -0.150. The normalized spacial score (nSPS) is 32.5. The van der Waals surface area contributed by atoms with E-state index in [1.807, 2.05) is 0 Å². The summed E-state index contributed by atoms with van der Waals surface area (Å²) in [5.74, 6) is 0. The van der Waals surface area contributed by atoms with Gasteiger partial charge in [0.1, 0.15) is 0 Å². The Balaban J connectivity index is 2.03. The van der Waals surface area contributed by atoms with Gasteiger partial charge in [-0.05, 0) is 51.0 Å². The second-order valence-electron chi connectivity index (χ2n) is 6.04. The number of nitrogens with zero attached hydrogens (tertiary/aromatic N) is 1. The molecule has 0 aromatic rings. The molecule has 0 saturated heterocycles. The lowest BCUT2D eigenvalue weighted by atomic mass is 9.67. The highest BCUT2D eigenvalue weighted by molar-refractivity contribution is 4.99. The van der Waals surface area contributed by atoms with Crippen molar-refractivity contribution >= 4 is 0 Å². The van der Waals surface area contributed by atoms with Gasteiger partial charge >= 0.3 is 0 Å². The molecule has 3 heteroatoms.